The van der Waals surface area contributed by atoms with Gasteiger partial charge in [0.2, 0.25) is 0 Å². The summed E-state index contributed by atoms with van der Waals surface area (Å²) in [5, 5.41) is 0.0568. The van der Waals surface area contributed by atoms with Crippen LogP contribution in [0.3, 0.4) is 0 Å². The van der Waals surface area contributed by atoms with E-state index >= 15 is 0 Å². The molecule has 2 rings (SSSR count). The van der Waals surface area contributed by atoms with E-state index in [1.54, 1.807) is 0 Å². The second kappa shape index (κ2) is 7.51. The Balaban J connectivity index is 2.29. The average Bonchev–Trinajstić information content (AvgIpc) is 3.14. The third-order valence-electron chi connectivity index (χ3n) is 6.70. The molecule has 0 spiro atoms. The van der Waals surface area contributed by atoms with Gasteiger partial charge in [-0.2, -0.15) is 0 Å². The molecule has 1 aliphatic carbocycles. The highest BCUT2D eigenvalue weighted by atomic mass is 28.4. The summed E-state index contributed by atoms with van der Waals surface area (Å²) in [6.45, 7) is 20.5. The van der Waals surface area contributed by atoms with Crippen molar-refractivity contribution in [2.45, 2.75) is 116 Å². The van der Waals surface area contributed by atoms with Gasteiger partial charge in [-0.25, -0.2) is 0 Å². The number of carbonyl (C=O) groups excluding carboxylic acids is 2. The number of epoxide rings is 1. The minimum absolute atomic E-state index is 0.0568. The van der Waals surface area contributed by atoms with Crippen molar-refractivity contribution in [3.05, 3.63) is 0 Å². The highest BCUT2D eigenvalue weighted by Crippen LogP contribution is 2.47. The molecule has 2 fully saturated rings. The van der Waals surface area contributed by atoms with E-state index < -0.39 is 25.8 Å². The van der Waals surface area contributed by atoms with Crippen LogP contribution in [0.2, 0.25) is 18.1 Å². The van der Waals surface area contributed by atoms with E-state index in [1.165, 1.54) is 0 Å². The Kier molecular flexibility index (Phi) is 6.32. The summed E-state index contributed by atoms with van der Waals surface area (Å²) < 4.78 is 18.2. The number of carbonyl (C=O) groups is 2. The minimum atomic E-state index is -2.05. The number of esters is 1. The first kappa shape index (κ1) is 23.6. The highest BCUT2D eigenvalue weighted by molar-refractivity contribution is 6.74. The van der Waals surface area contributed by atoms with Gasteiger partial charge < -0.3 is 13.9 Å². The number of rotatable bonds is 3. The molecule has 1 saturated carbocycles. The van der Waals surface area contributed by atoms with Gasteiger partial charge in [-0.3, -0.25) is 9.59 Å². The molecule has 2 aliphatic rings. The van der Waals surface area contributed by atoms with Gasteiger partial charge in [0.25, 0.3) is 0 Å². The Bertz CT molecular complexity index is 615. The summed E-state index contributed by atoms with van der Waals surface area (Å²) in [6, 6.07) is 0. The fourth-order valence-corrected chi connectivity index (χ4v) is 5.05. The van der Waals surface area contributed by atoms with Gasteiger partial charge in [0.15, 0.2) is 14.1 Å². The van der Waals surface area contributed by atoms with Crippen molar-refractivity contribution >= 4 is 20.1 Å². The summed E-state index contributed by atoms with van der Waals surface area (Å²) in [4.78, 5) is 26.2. The fourth-order valence-electron chi connectivity index (χ4n) is 3.62. The molecule has 1 saturated heterocycles. The first-order valence-corrected chi connectivity index (χ1v) is 13.5. The van der Waals surface area contributed by atoms with E-state index in [0.717, 1.165) is 12.8 Å². The second-order valence-electron chi connectivity index (χ2n) is 11.4. The Morgan fingerprint density at radius 2 is 1.75 bits per heavy atom. The van der Waals surface area contributed by atoms with E-state index in [1.807, 2.05) is 27.7 Å². The molecule has 0 bridgehead atoms. The Morgan fingerprint density at radius 3 is 2.25 bits per heavy atom. The standard InChI is InChI=1S/C22H40O5Si/c1-14-16(27-28(9,10)21(5,6)7)11-12-22(8)17(25-22)13-15(18(14)23)19(24)26-20(2,3)4/h14-17H,11-13H2,1-10H3/t14?,15-,16+,17+,22-/m1/s1. The van der Waals surface area contributed by atoms with Crippen LogP contribution in [0.1, 0.15) is 74.7 Å². The van der Waals surface area contributed by atoms with E-state index in [4.69, 9.17) is 13.9 Å². The molecule has 1 heterocycles. The molecule has 5 atom stereocenters. The lowest BCUT2D eigenvalue weighted by atomic mass is 9.87. The second-order valence-corrected chi connectivity index (χ2v) is 16.1. The van der Waals surface area contributed by atoms with Crippen LogP contribution in [-0.2, 0) is 23.5 Å². The van der Waals surface area contributed by atoms with E-state index in [-0.39, 0.29) is 34.5 Å². The van der Waals surface area contributed by atoms with Crippen molar-refractivity contribution in [1.82, 2.24) is 0 Å². The predicted octanol–water partition coefficient (Wildman–Crippen LogP) is 4.88. The maximum Gasteiger partial charge on any atom is 0.317 e. The number of hydrogen-bond acceptors (Lipinski definition) is 5. The quantitative estimate of drug-likeness (QED) is 0.286. The maximum atomic E-state index is 13.4. The topological polar surface area (TPSA) is 65.1 Å². The SMILES string of the molecule is CC1C(=O)[C@H](C(=O)OC(C)(C)C)C[C@@H]2O[C@]2(C)CC[C@@H]1O[Si](C)(C)C(C)(C)C. The zero-order valence-corrected chi connectivity index (χ0v) is 20.5. The zero-order valence-electron chi connectivity index (χ0n) is 19.5. The van der Waals surface area contributed by atoms with E-state index in [2.05, 4.69) is 40.8 Å². The number of hydrogen-bond donors (Lipinski definition) is 0. The summed E-state index contributed by atoms with van der Waals surface area (Å²) >= 11 is 0. The summed E-state index contributed by atoms with van der Waals surface area (Å²) in [5.41, 5.74) is -0.885. The van der Waals surface area contributed by atoms with Crippen LogP contribution in [0.5, 0.6) is 0 Å². The Hall–Kier alpha value is -0.723. The summed E-state index contributed by atoms with van der Waals surface area (Å²) in [5.74, 6) is -1.63. The van der Waals surface area contributed by atoms with Crippen molar-refractivity contribution in [3.8, 4) is 0 Å². The lowest BCUT2D eigenvalue weighted by Crippen LogP contribution is -2.47. The zero-order chi connectivity index (χ0) is 21.7. The predicted molar refractivity (Wildman–Crippen MR) is 113 cm³/mol. The first-order chi connectivity index (χ1) is 12.5. The number of Topliss-reactive ketones (excluding diaryl/α,β-unsaturated/α-hetero) is 1. The molecule has 162 valence electrons. The molecule has 0 N–H and O–H groups in total. The van der Waals surface area contributed by atoms with Gasteiger partial charge >= 0.3 is 5.97 Å². The molecule has 0 radical (unpaired) electrons. The number of fused-ring (bicyclic) bond motifs is 1. The van der Waals surface area contributed by atoms with Crippen molar-refractivity contribution in [1.29, 1.82) is 0 Å². The maximum absolute atomic E-state index is 13.4. The van der Waals surface area contributed by atoms with Crippen molar-refractivity contribution < 1.29 is 23.5 Å². The van der Waals surface area contributed by atoms with Gasteiger partial charge in [-0.05, 0) is 65.1 Å². The molecule has 6 heteroatoms. The number of ketones is 1. The average molecular weight is 413 g/mol. The lowest BCUT2D eigenvalue weighted by molar-refractivity contribution is -0.163. The monoisotopic (exact) mass is 412 g/mol. The summed E-state index contributed by atoms with van der Waals surface area (Å²) in [7, 11) is -2.05. The number of ether oxygens (including phenoxy) is 2. The molecule has 28 heavy (non-hydrogen) atoms. The fraction of sp³-hybridized carbons (Fsp3) is 0.909. The lowest BCUT2D eigenvalue weighted by Gasteiger charge is -2.41. The smallest absolute Gasteiger partial charge is 0.317 e. The first-order valence-electron chi connectivity index (χ1n) is 10.6. The Morgan fingerprint density at radius 1 is 1.18 bits per heavy atom. The van der Waals surface area contributed by atoms with Gasteiger partial charge in [0.05, 0.1) is 17.8 Å². The van der Waals surface area contributed by atoms with Crippen LogP contribution < -0.4 is 0 Å². The molecule has 5 nitrogen and oxygen atoms in total. The molecular weight excluding hydrogens is 372 g/mol. The van der Waals surface area contributed by atoms with Gasteiger partial charge in [-0.15, -0.1) is 0 Å². The van der Waals surface area contributed by atoms with Gasteiger partial charge in [0, 0.05) is 5.92 Å². The highest BCUT2D eigenvalue weighted by Gasteiger charge is 2.56. The Labute approximate surface area is 172 Å². The molecular formula is C22H40O5Si. The largest absolute Gasteiger partial charge is 0.459 e. The normalized spacial score (nSPS) is 34.7. The molecule has 0 aromatic rings. The molecule has 1 unspecified atom stereocenters. The van der Waals surface area contributed by atoms with Gasteiger partial charge in [0.1, 0.15) is 11.5 Å². The van der Waals surface area contributed by atoms with E-state index in [0.29, 0.717) is 6.42 Å². The molecule has 1 aliphatic heterocycles. The summed E-state index contributed by atoms with van der Waals surface area (Å²) in [6.07, 6.45) is 1.76. The molecule has 0 aromatic heterocycles. The molecule has 0 aromatic carbocycles. The minimum Gasteiger partial charge on any atom is -0.459 e. The van der Waals surface area contributed by atoms with Crippen molar-refractivity contribution in [3.63, 3.8) is 0 Å². The van der Waals surface area contributed by atoms with Crippen LogP contribution in [-0.4, -0.2) is 43.5 Å². The van der Waals surface area contributed by atoms with Crippen molar-refractivity contribution in [2.75, 3.05) is 0 Å². The van der Waals surface area contributed by atoms with Crippen molar-refractivity contribution in [2.24, 2.45) is 11.8 Å². The van der Waals surface area contributed by atoms with Crippen LogP contribution in [0.4, 0.5) is 0 Å². The molecule has 0 amide bonds. The van der Waals surface area contributed by atoms with Crippen LogP contribution in [0, 0.1) is 11.8 Å². The third kappa shape index (κ3) is 5.25. The third-order valence-corrected chi connectivity index (χ3v) is 11.2. The van der Waals surface area contributed by atoms with Crippen LogP contribution >= 0.6 is 0 Å². The van der Waals surface area contributed by atoms with Crippen LogP contribution in [0.15, 0.2) is 0 Å². The van der Waals surface area contributed by atoms with Crippen LogP contribution in [0.25, 0.3) is 0 Å². The van der Waals surface area contributed by atoms with Gasteiger partial charge in [-0.1, -0.05) is 27.7 Å². The van der Waals surface area contributed by atoms with E-state index in [9.17, 15) is 9.59 Å².